The van der Waals surface area contributed by atoms with E-state index in [-0.39, 0.29) is 0 Å². The highest BCUT2D eigenvalue weighted by molar-refractivity contribution is 5.84. The van der Waals surface area contributed by atoms with Crippen LogP contribution in [0, 0.1) is 11.3 Å². The van der Waals surface area contributed by atoms with Gasteiger partial charge in [-0.15, -0.1) is 0 Å². The standard InChI is InChI=1S/C14H10N4/c15-9-11-2-1-6-17-14(11)18-12-3-4-13-10(8-12)5-7-16-13/h1-8,16H,(H,17,18). The second-order valence-electron chi connectivity index (χ2n) is 3.92. The number of hydrogen-bond acceptors (Lipinski definition) is 3. The molecule has 0 saturated heterocycles. The number of aromatic amines is 1. The zero-order valence-electron chi connectivity index (χ0n) is 9.51. The van der Waals surface area contributed by atoms with Crippen molar-refractivity contribution in [3.05, 3.63) is 54.4 Å². The highest BCUT2D eigenvalue weighted by Gasteiger charge is 2.03. The van der Waals surface area contributed by atoms with Crippen molar-refractivity contribution in [3.63, 3.8) is 0 Å². The molecule has 3 rings (SSSR count). The summed E-state index contributed by atoms with van der Waals surface area (Å²) in [6.45, 7) is 0. The summed E-state index contributed by atoms with van der Waals surface area (Å²) in [4.78, 5) is 7.31. The Bertz CT molecular complexity index is 737. The summed E-state index contributed by atoms with van der Waals surface area (Å²) >= 11 is 0. The summed E-state index contributed by atoms with van der Waals surface area (Å²) in [7, 11) is 0. The molecule has 18 heavy (non-hydrogen) atoms. The monoisotopic (exact) mass is 234 g/mol. The minimum Gasteiger partial charge on any atom is -0.361 e. The quantitative estimate of drug-likeness (QED) is 0.715. The van der Waals surface area contributed by atoms with Crippen molar-refractivity contribution in [3.8, 4) is 6.07 Å². The van der Waals surface area contributed by atoms with Gasteiger partial charge in [0.1, 0.15) is 11.9 Å². The van der Waals surface area contributed by atoms with Crippen molar-refractivity contribution in [1.29, 1.82) is 5.26 Å². The van der Waals surface area contributed by atoms with Gasteiger partial charge in [0.2, 0.25) is 0 Å². The van der Waals surface area contributed by atoms with E-state index in [1.165, 1.54) is 0 Å². The van der Waals surface area contributed by atoms with Gasteiger partial charge in [0.05, 0.1) is 5.56 Å². The van der Waals surface area contributed by atoms with Crippen LogP contribution in [-0.4, -0.2) is 9.97 Å². The van der Waals surface area contributed by atoms with Crippen LogP contribution in [0.3, 0.4) is 0 Å². The van der Waals surface area contributed by atoms with Crippen molar-refractivity contribution in [2.24, 2.45) is 0 Å². The van der Waals surface area contributed by atoms with Gasteiger partial charge in [-0.05, 0) is 36.4 Å². The summed E-state index contributed by atoms with van der Waals surface area (Å²) in [6, 6.07) is 13.6. The van der Waals surface area contributed by atoms with Gasteiger partial charge in [-0.1, -0.05) is 0 Å². The first-order chi connectivity index (χ1) is 8.86. The fourth-order valence-electron chi connectivity index (χ4n) is 1.86. The van der Waals surface area contributed by atoms with E-state index in [1.54, 1.807) is 18.3 Å². The average molecular weight is 234 g/mol. The largest absolute Gasteiger partial charge is 0.361 e. The number of benzene rings is 1. The van der Waals surface area contributed by atoms with E-state index < -0.39 is 0 Å². The van der Waals surface area contributed by atoms with Crippen LogP contribution in [0.25, 0.3) is 10.9 Å². The van der Waals surface area contributed by atoms with Gasteiger partial charge in [0.15, 0.2) is 0 Å². The molecular weight excluding hydrogens is 224 g/mol. The molecule has 0 aliphatic rings. The zero-order chi connectivity index (χ0) is 12.4. The molecule has 1 aromatic carbocycles. The SMILES string of the molecule is N#Cc1cccnc1Nc1ccc2[nH]ccc2c1. The van der Waals surface area contributed by atoms with E-state index >= 15 is 0 Å². The number of fused-ring (bicyclic) bond motifs is 1. The maximum absolute atomic E-state index is 9.00. The number of anilines is 2. The first-order valence-electron chi connectivity index (χ1n) is 5.56. The summed E-state index contributed by atoms with van der Waals surface area (Å²) in [5, 5.41) is 13.3. The molecular formula is C14H10N4. The van der Waals surface area contributed by atoms with Gasteiger partial charge in [-0.2, -0.15) is 5.26 Å². The van der Waals surface area contributed by atoms with Crippen LogP contribution >= 0.6 is 0 Å². The van der Waals surface area contributed by atoms with Gasteiger partial charge >= 0.3 is 0 Å². The second-order valence-corrected chi connectivity index (χ2v) is 3.92. The topological polar surface area (TPSA) is 64.5 Å². The lowest BCUT2D eigenvalue weighted by Gasteiger charge is -2.06. The van der Waals surface area contributed by atoms with Crippen LogP contribution in [0.2, 0.25) is 0 Å². The lowest BCUT2D eigenvalue weighted by molar-refractivity contribution is 1.29. The second kappa shape index (κ2) is 4.22. The predicted octanol–water partition coefficient (Wildman–Crippen LogP) is 3.18. The fraction of sp³-hybridized carbons (Fsp3) is 0. The molecule has 4 nitrogen and oxygen atoms in total. The Balaban J connectivity index is 1.98. The minimum atomic E-state index is 0.534. The van der Waals surface area contributed by atoms with Crippen LogP contribution in [-0.2, 0) is 0 Å². The van der Waals surface area contributed by atoms with E-state index in [0.29, 0.717) is 11.4 Å². The molecule has 0 fully saturated rings. The molecule has 0 atom stereocenters. The molecule has 0 radical (unpaired) electrons. The van der Waals surface area contributed by atoms with Crippen LogP contribution in [0.15, 0.2) is 48.8 Å². The number of aromatic nitrogens is 2. The molecule has 0 amide bonds. The fourth-order valence-corrected chi connectivity index (χ4v) is 1.86. The van der Waals surface area contributed by atoms with Gasteiger partial charge in [-0.25, -0.2) is 4.98 Å². The summed E-state index contributed by atoms with van der Waals surface area (Å²) < 4.78 is 0. The highest BCUT2D eigenvalue weighted by atomic mass is 15.0. The normalized spacial score (nSPS) is 10.2. The Morgan fingerprint density at radius 2 is 2.17 bits per heavy atom. The Morgan fingerprint density at radius 3 is 3.06 bits per heavy atom. The Labute approximate surface area is 104 Å². The first kappa shape index (κ1) is 10.4. The number of nitrogens with zero attached hydrogens (tertiary/aromatic N) is 2. The van der Waals surface area contributed by atoms with Crippen LogP contribution in [0.5, 0.6) is 0 Å². The van der Waals surface area contributed by atoms with E-state index in [4.69, 9.17) is 5.26 Å². The molecule has 0 aliphatic heterocycles. The number of rotatable bonds is 2. The predicted molar refractivity (Wildman–Crippen MR) is 70.5 cm³/mol. The molecule has 2 N–H and O–H groups in total. The van der Waals surface area contributed by atoms with Gasteiger partial charge in [0.25, 0.3) is 0 Å². The first-order valence-corrected chi connectivity index (χ1v) is 5.56. The van der Waals surface area contributed by atoms with Crippen LogP contribution in [0.1, 0.15) is 5.56 Å². The summed E-state index contributed by atoms with van der Waals surface area (Å²) in [6.07, 6.45) is 3.56. The Morgan fingerprint density at radius 1 is 1.22 bits per heavy atom. The molecule has 3 aromatic rings. The Hall–Kier alpha value is -2.80. The molecule has 86 valence electrons. The van der Waals surface area contributed by atoms with Crippen molar-refractivity contribution in [1.82, 2.24) is 9.97 Å². The van der Waals surface area contributed by atoms with E-state index in [2.05, 4.69) is 21.4 Å². The number of pyridine rings is 1. The third-order valence-electron chi connectivity index (χ3n) is 2.74. The van der Waals surface area contributed by atoms with Crippen molar-refractivity contribution >= 4 is 22.4 Å². The molecule has 0 aliphatic carbocycles. The van der Waals surface area contributed by atoms with Gasteiger partial charge in [-0.3, -0.25) is 0 Å². The number of nitrogens with one attached hydrogen (secondary N) is 2. The molecule has 4 heteroatoms. The third-order valence-corrected chi connectivity index (χ3v) is 2.74. The maximum atomic E-state index is 9.00. The maximum Gasteiger partial charge on any atom is 0.148 e. The molecule has 0 spiro atoms. The lowest BCUT2D eigenvalue weighted by atomic mass is 10.2. The lowest BCUT2D eigenvalue weighted by Crippen LogP contribution is -1.95. The average Bonchev–Trinajstić information content (AvgIpc) is 2.87. The summed E-state index contributed by atoms with van der Waals surface area (Å²) in [5.74, 6) is 0.579. The number of nitriles is 1. The third kappa shape index (κ3) is 1.78. The van der Waals surface area contributed by atoms with E-state index in [0.717, 1.165) is 16.6 Å². The molecule has 0 unspecified atom stereocenters. The van der Waals surface area contributed by atoms with E-state index in [1.807, 2.05) is 30.5 Å². The summed E-state index contributed by atoms with van der Waals surface area (Å²) in [5.41, 5.74) is 2.53. The highest BCUT2D eigenvalue weighted by Crippen LogP contribution is 2.22. The van der Waals surface area contributed by atoms with Gasteiger partial charge < -0.3 is 10.3 Å². The van der Waals surface area contributed by atoms with Gasteiger partial charge in [0, 0.05) is 29.0 Å². The minimum absolute atomic E-state index is 0.534. The van der Waals surface area contributed by atoms with Crippen molar-refractivity contribution in [2.45, 2.75) is 0 Å². The smallest absolute Gasteiger partial charge is 0.148 e. The number of H-pyrrole nitrogens is 1. The van der Waals surface area contributed by atoms with Crippen LogP contribution in [0.4, 0.5) is 11.5 Å². The van der Waals surface area contributed by atoms with E-state index in [9.17, 15) is 0 Å². The molecule has 2 heterocycles. The zero-order valence-corrected chi connectivity index (χ0v) is 9.51. The molecule has 0 saturated carbocycles. The van der Waals surface area contributed by atoms with Crippen molar-refractivity contribution in [2.75, 3.05) is 5.32 Å². The van der Waals surface area contributed by atoms with Crippen LogP contribution < -0.4 is 5.32 Å². The van der Waals surface area contributed by atoms with Crippen molar-refractivity contribution < 1.29 is 0 Å². The molecule has 2 aromatic heterocycles. The molecule has 0 bridgehead atoms. The number of hydrogen-bond donors (Lipinski definition) is 2. The Kier molecular flexibility index (Phi) is 2.43.